The highest BCUT2D eigenvalue weighted by Gasteiger charge is 2.50. The first-order chi connectivity index (χ1) is 8.81. The van der Waals surface area contributed by atoms with Gasteiger partial charge in [-0.1, -0.05) is 0 Å². The first-order valence-corrected chi connectivity index (χ1v) is 5.58. The molecule has 0 aromatic rings. The van der Waals surface area contributed by atoms with Gasteiger partial charge in [-0.25, -0.2) is 4.39 Å². The van der Waals surface area contributed by atoms with E-state index in [1.807, 2.05) is 0 Å². The molecule has 0 unspecified atom stereocenters. The molecule has 0 aliphatic carbocycles. The minimum atomic E-state index is -1.95. The van der Waals surface area contributed by atoms with Crippen molar-refractivity contribution < 1.29 is 37.7 Å². The van der Waals surface area contributed by atoms with Gasteiger partial charge in [0, 0.05) is 20.8 Å². The molecule has 1 saturated heterocycles. The molecule has 1 heterocycles. The maximum Gasteiger partial charge on any atom is 0.303 e. The van der Waals surface area contributed by atoms with E-state index in [0.717, 1.165) is 13.8 Å². The molecule has 0 amide bonds. The molecule has 0 bridgehead atoms. The molecule has 0 N–H and O–H groups in total. The average Bonchev–Trinajstić information content (AvgIpc) is 2.53. The number of ether oxygens (including phenoxy) is 4. The van der Waals surface area contributed by atoms with Gasteiger partial charge >= 0.3 is 17.9 Å². The highest BCUT2D eigenvalue weighted by molar-refractivity contribution is 5.67. The van der Waals surface area contributed by atoms with Gasteiger partial charge in [-0.05, 0) is 0 Å². The Kier molecular flexibility index (Phi) is 5.22. The lowest BCUT2D eigenvalue weighted by Crippen LogP contribution is -2.40. The monoisotopic (exact) mass is 278 g/mol. The summed E-state index contributed by atoms with van der Waals surface area (Å²) in [7, 11) is 0. The number of hydrogen-bond donors (Lipinski definition) is 0. The second-order valence-electron chi connectivity index (χ2n) is 3.98. The van der Waals surface area contributed by atoms with E-state index in [4.69, 9.17) is 14.2 Å². The van der Waals surface area contributed by atoms with E-state index in [1.54, 1.807) is 0 Å². The summed E-state index contributed by atoms with van der Waals surface area (Å²) in [5.74, 6) is -2.01. The van der Waals surface area contributed by atoms with Crippen LogP contribution in [0.5, 0.6) is 0 Å². The van der Waals surface area contributed by atoms with Gasteiger partial charge in [0.25, 0.3) is 0 Å². The maximum absolute atomic E-state index is 13.6. The molecule has 1 aliphatic rings. The van der Waals surface area contributed by atoms with E-state index in [0.29, 0.717) is 0 Å². The Bertz CT molecular complexity index is 370. The molecule has 7 nitrogen and oxygen atoms in total. The summed E-state index contributed by atoms with van der Waals surface area (Å²) < 4.78 is 32.7. The van der Waals surface area contributed by atoms with Gasteiger partial charge < -0.3 is 18.9 Å². The van der Waals surface area contributed by atoms with Gasteiger partial charge in [0.2, 0.25) is 6.36 Å². The third-order valence-electron chi connectivity index (χ3n) is 2.31. The number of halogens is 1. The van der Waals surface area contributed by atoms with E-state index in [2.05, 4.69) is 4.74 Å². The van der Waals surface area contributed by atoms with Crippen LogP contribution in [0.2, 0.25) is 0 Å². The van der Waals surface area contributed by atoms with Crippen LogP contribution in [-0.4, -0.2) is 49.2 Å². The number of carbonyl (C=O) groups is 3. The molecule has 19 heavy (non-hydrogen) atoms. The van der Waals surface area contributed by atoms with Gasteiger partial charge in [0.05, 0.1) is 0 Å². The number of rotatable bonds is 4. The maximum atomic E-state index is 13.6. The molecule has 1 fully saturated rings. The minimum absolute atomic E-state index is 0.300. The summed E-state index contributed by atoms with van der Waals surface area (Å²) in [5.41, 5.74) is 0. The van der Waals surface area contributed by atoms with E-state index in [1.165, 1.54) is 6.92 Å². The van der Waals surface area contributed by atoms with Crippen LogP contribution >= 0.6 is 0 Å². The Morgan fingerprint density at radius 1 is 1.00 bits per heavy atom. The molecule has 4 atom stereocenters. The largest absolute Gasteiger partial charge is 0.463 e. The topological polar surface area (TPSA) is 88.1 Å². The quantitative estimate of drug-likeness (QED) is 0.532. The lowest BCUT2D eigenvalue weighted by molar-refractivity contribution is -0.167. The summed E-state index contributed by atoms with van der Waals surface area (Å²) in [5, 5.41) is 0. The normalized spacial score (nSPS) is 29.7. The predicted octanol–water partition coefficient (Wildman–Crippen LogP) is 0.107. The highest BCUT2D eigenvalue weighted by atomic mass is 19.1. The molecule has 0 radical (unpaired) electrons. The molecule has 0 spiro atoms. The highest BCUT2D eigenvalue weighted by Crippen LogP contribution is 2.28. The third kappa shape index (κ3) is 4.47. The van der Waals surface area contributed by atoms with Crippen molar-refractivity contribution in [1.29, 1.82) is 0 Å². The Labute approximate surface area is 108 Å². The molecule has 8 heteroatoms. The lowest BCUT2D eigenvalue weighted by atomic mass is 10.1. The Morgan fingerprint density at radius 3 is 2.00 bits per heavy atom. The van der Waals surface area contributed by atoms with E-state index in [-0.39, 0.29) is 6.61 Å². The summed E-state index contributed by atoms with van der Waals surface area (Å²) in [6.07, 6.45) is -5.50. The zero-order valence-corrected chi connectivity index (χ0v) is 10.8. The standard InChI is InChI=1S/C11H15FO7/c1-5(13)16-4-8-9(17-6(2)14)10(11(12)19-8)18-7(3)15/h8-11H,4H2,1-3H3/t8-,9-,10+,11+/m0/s1. The second kappa shape index (κ2) is 6.46. The average molecular weight is 278 g/mol. The predicted molar refractivity (Wildman–Crippen MR) is 57.5 cm³/mol. The van der Waals surface area contributed by atoms with E-state index < -0.39 is 42.6 Å². The number of esters is 3. The molecule has 1 rings (SSSR count). The molecular weight excluding hydrogens is 263 g/mol. The fourth-order valence-electron chi connectivity index (χ4n) is 1.66. The third-order valence-corrected chi connectivity index (χ3v) is 2.31. The smallest absolute Gasteiger partial charge is 0.303 e. The van der Waals surface area contributed by atoms with Crippen molar-refractivity contribution in [2.75, 3.05) is 6.61 Å². The second-order valence-corrected chi connectivity index (χ2v) is 3.98. The number of alkyl halides is 1. The fraction of sp³-hybridized carbons (Fsp3) is 0.727. The van der Waals surface area contributed by atoms with Gasteiger partial charge in [-0.2, -0.15) is 0 Å². The molecule has 0 aromatic heterocycles. The summed E-state index contributed by atoms with van der Waals surface area (Å²) in [6, 6.07) is 0. The molecule has 0 saturated carbocycles. The van der Waals surface area contributed by atoms with Gasteiger partial charge in [-0.3, -0.25) is 14.4 Å². The molecular formula is C11H15FO7. The minimum Gasteiger partial charge on any atom is -0.463 e. The van der Waals surface area contributed by atoms with Crippen LogP contribution in [-0.2, 0) is 33.3 Å². The summed E-state index contributed by atoms with van der Waals surface area (Å²) >= 11 is 0. The van der Waals surface area contributed by atoms with Crippen LogP contribution in [0.1, 0.15) is 20.8 Å². The SMILES string of the molecule is CC(=O)OC[C@@H]1O[C@@H](F)[C@H](OC(C)=O)[C@H]1OC(C)=O. The first-order valence-electron chi connectivity index (χ1n) is 5.58. The van der Waals surface area contributed by atoms with Crippen molar-refractivity contribution in [3.05, 3.63) is 0 Å². The van der Waals surface area contributed by atoms with Crippen molar-refractivity contribution in [3.8, 4) is 0 Å². The zero-order valence-electron chi connectivity index (χ0n) is 10.8. The van der Waals surface area contributed by atoms with Crippen molar-refractivity contribution in [2.24, 2.45) is 0 Å². The van der Waals surface area contributed by atoms with Gasteiger partial charge in [0.15, 0.2) is 12.2 Å². The summed E-state index contributed by atoms with van der Waals surface area (Å²) in [4.78, 5) is 32.6. The molecule has 108 valence electrons. The zero-order chi connectivity index (χ0) is 14.6. The van der Waals surface area contributed by atoms with Gasteiger partial charge in [-0.15, -0.1) is 0 Å². The van der Waals surface area contributed by atoms with Crippen LogP contribution in [0.15, 0.2) is 0 Å². The van der Waals surface area contributed by atoms with Crippen LogP contribution in [0, 0.1) is 0 Å². The van der Waals surface area contributed by atoms with E-state index in [9.17, 15) is 18.8 Å². The van der Waals surface area contributed by atoms with Crippen LogP contribution in [0.25, 0.3) is 0 Å². The van der Waals surface area contributed by atoms with Crippen molar-refractivity contribution in [1.82, 2.24) is 0 Å². The van der Waals surface area contributed by atoms with Crippen LogP contribution in [0.3, 0.4) is 0 Å². The van der Waals surface area contributed by atoms with Crippen molar-refractivity contribution in [2.45, 2.75) is 45.4 Å². The first kappa shape index (κ1) is 15.4. The molecule has 1 aliphatic heterocycles. The fourth-order valence-corrected chi connectivity index (χ4v) is 1.66. The summed E-state index contributed by atoms with van der Waals surface area (Å²) in [6.45, 7) is 3.09. The van der Waals surface area contributed by atoms with Crippen molar-refractivity contribution in [3.63, 3.8) is 0 Å². The Balaban J connectivity index is 2.76. The van der Waals surface area contributed by atoms with Crippen LogP contribution in [0.4, 0.5) is 4.39 Å². The van der Waals surface area contributed by atoms with Gasteiger partial charge in [0.1, 0.15) is 12.7 Å². The number of hydrogen-bond acceptors (Lipinski definition) is 7. The molecule has 0 aromatic carbocycles. The Morgan fingerprint density at radius 2 is 1.53 bits per heavy atom. The van der Waals surface area contributed by atoms with Crippen LogP contribution < -0.4 is 0 Å². The van der Waals surface area contributed by atoms with Crippen molar-refractivity contribution >= 4 is 17.9 Å². The Hall–Kier alpha value is -1.70. The number of carbonyl (C=O) groups excluding carboxylic acids is 3. The van der Waals surface area contributed by atoms with E-state index >= 15 is 0 Å². The lowest BCUT2D eigenvalue weighted by Gasteiger charge is -2.21.